The second-order valence-electron chi connectivity index (χ2n) is 7.82. The van der Waals surface area contributed by atoms with E-state index in [1.165, 1.54) is 15.9 Å². The Kier molecular flexibility index (Phi) is 5.05. The lowest BCUT2D eigenvalue weighted by molar-refractivity contribution is 0.0899. The van der Waals surface area contributed by atoms with E-state index in [0.29, 0.717) is 19.6 Å². The molecule has 1 aliphatic carbocycles. The monoisotopic (exact) mass is 402 g/mol. The van der Waals surface area contributed by atoms with Gasteiger partial charge in [-0.25, -0.2) is 8.42 Å². The van der Waals surface area contributed by atoms with Gasteiger partial charge in [-0.2, -0.15) is 4.31 Å². The van der Waals surface area contributed by atoms with Crippen LogP contribution in [0, 0.1) is 6.92 Å². The summed E-state index contributed by atoms with van der Waals surface area (Å²) in [5, 5.41) is 2.96. The minimum atomic E-state index is -3.60. The Labute approximate surface area is 166 Å². The van der Waals surface area contributed by atoms with Crippen LogP contribution < -0.4 is 5.32 Å². The van der Waals surface area contributed by atoms with Crippen molar-refractivity contribution in [3.05, 3.63) is 53.5 Å². The SMILES string of the molecule is Cc1oc(C(=O)NCC2(c3ccccc3)CCC2)cc1S(=O)(=O)N1CCCC1. The fourth-order valence-electron chi connectivity index (χ4n) is 4.20. The molecule has 1 N–H and O–H groups in total. The Morgan fingerprint density at radius 2 is 1.82 bits per heavy atom. The van der Waals surface area contributed by atoms with Crippen LogP contribution in [0.1, 0.15) is 54.0 Å². The van der Waals surface area contributed by atoms with E-state index in [4.69, 9.17) is 4.42 Å². The summed E-state index contributed by atoms with van der Waals surface area (Å²) < 4.78 is 32.6. The number of hydrogen-bond acceptors (Lipinski definition) is 4. The third-order valence-electron chi connectivity index (χ3n) is 6.06. The van der Waals surface area contributed by atoms with Crippen LogP contribution in [-0.2, 0) is 15.4 Å². The zero-order chi connectivity index (χ0) is 19.8. The molecule has 2 fully saturated rings. The lowest BCUT2D eigenvalue weighted by Gasteiger charge is -2.42. The van der Waals surface area contributed by atoms with Gasteiger partial charge in [0.05, 0.1) is 0 Å². The van der Waals surface area contributed by atoms with E-state index in [0.717, 1.165) is 32.1 Å². The largest absolute Gasteiger partial charge is 0.455 e. The van der Waals surface area contributed by atoms with Gasteiger partial charge < -0.3 is 9.73 Å². The minimum Gasteiger partial charge on any atom is -0.455 e. The van der Waals surface area contributed by atoms with Crippen LogP contribution in [0.25, 0.3) is 0 Å². The summed E-state index contributed by atoms with van der Waals surface area (Å²) in [6.45, 7) is 3.16. The predicted molar refractivity (Wildman–Crippen MR) is 106 cm³/mol. The van der Waals surface area contributed by atoms with Gasteiger partial charge in [-0.05, 0) is 38.2 Å². The molecule has 0 atom stereocenters. The number of carbonyl (C=O) groups is 1. The van der Waals surface area contributed by atoms with Gasteiger partial charge in [0.25, 0.3) is 5.91 Å². The van der Waals surface area contributed by atoms with Crippen LogP contribution >= 0.6 is 0 Å². The van der Waals surface area contributed by atoms with Crippen molar-refractivity contribution in [2.75, 3.05) is 19.6 Å². The molecular formula is C21H26N2O4S. The molecule has 1 aromatic carbocycles. The van der Waals surface area contributed by atoms with Crippen molar-refractivity contribution >= 4 is 15.9 Å². The summed E-state index contributed by atoms with van der Waals surface area (Å²) in [7, 11) is -3.60. The van der Waals surface area contributed by atoms with E-state index in [9.17, 15) is 13.2 Å². The average molecular weight is 403 g/mol. The molecule has 7 heteroatoms. The van der Waals surface area contributed by atoms with Gasteiger partial charge >= 0.3 is 0 Å². The van der Waals surface area contributed by atoms with E-state index in [2.05, 4.69) is 17.4 Å². The van der Waals surface area contributed by atoms with Crippen molar-refractivity contribution in [1.29, 1.82) is 0 Å². The van der Waals surface area contributed by atoms with Crippen molar-refractivity contribution < 1.29 is 17.6 Å². The Morgan fingerprint density at radius 1 is 1.14 bits per heavy atom. The number of nitrogens with zero attached hydrogens (tertiary/aromatic N) is 1. The zero-order valence-corrected chi connectivity index (χ0v) is 16.9. The summed E-state index contributed by atoms with van der Waals surface area (Å²) in [5.74, 6) is -0.0514. The fourth-order valence-corrected chi connectivity index (χ4v) is 5.88. The molecular weight excluding hydrogens is 376 g/mol. The Balaban J connectivity index is 1.49. The summed E-state index contributed by atoms with van der Waals surface area (Å²) in [6, 6.07) is 11.6. The number of hydrogen-bond donors (Lipinski definition) is 1. The molecule has 1 aromatic heterocycles. The molecule has 1 saturated heterocycles. The van der Waals surface area contributed by atoms with E-state index < -0.39 is 10.0 Å². The second-order valence-corrected chi connectivity index (χ2v) is 9.73. The van der Waals surface area contributed by atoms with Crippen molar-refractivity contribution in [3.8, 4) is 0 Å². The van der Waals surface area contributed by atoms with Gasteiger partial charge in [-0.3, -0.25) is 4.79 Å². The topological polar surface area (TPSA) is 79.6 Å². The maximum atomic E-state index is 12.8. The molecule has 0 spiro atoms. The number of carbonyl (C=O) groups excluding carboxylic acids is 1. The molecule has 1 amide bonds. The van der Waals surface area contributed by atoms with Crippen LogP contribution in [0.15, 0.2) is 45.7 Å². The summed E-state index contributed by atoms with van der Waals surface area (Å²) >= 11 is 0. The molecule has 0 unspecified atom stereocenters. The van der Waals surface area contributed by atoms with Crippen molar-refractivity contribution in [2.45, 2.75) is 49.3 Å². The molecule has 0 radical (unpaired) electrons. The molecule has 28 heavy (non-hydrogen) atoms. The smallest absolute Gasteiger partial charge is 0.287 e. The highest BCUT2D eigenvalue weighted by atomic mass is 32.2. The highest BCUT2D eigenvalue weighted by Crippen LogP contribution is 2.43. The second kappa shape index (κ2) is 7.37. The number of nitrogens with one attached hydrogen (secondary N) is 1. The summed E-state index contributed by atoms with van der Waals surface area (Å²) in [5.41, 5.74) is 1.19. The predicted octanol–water partition coefficient (Wildman–Crippen LogP) is 3.22. The molecule has 1 saturated carbocycles. The molecule has 6 nitrogen and oxygen atoms in total. The van der Waals surface area contributed by atoms with Crippen LogP contribution in [0.5, 0.6) is 0 Å². The van der Waals surface area contributed by atoms with Gasteiger partial charge in [-0.15, -0.1) is 0 Å². The zero-order valence-electron chi connectivity index (χ0n) is 16.1. The molecule has 4 rings (SSSR count). The molecule has 2 aromatic rings. The summed E-state index contributed by atoms with van der Waals surface area (Å²) in [6.07, 6.45) is 4.94. The first-order valence-electron chi connectivity index (χ1n) is 9.87. The highest BCUT2D eigenvalue weighted by molar-refractivity contribution is 7.89. The maximum absolute atomic E-state index is 12.8. The lowest BCUT2D eigenvalue weighted by atomic mass is 9.64. The first-order valence-corrected chi connectivity index (χ1v) is 11.3. The van der Waals surface area contributed by atoms with Gasteiger partial charge in [0.1, 0.15) is 10.7 Å². The van der Waals surface area contributed by atoms with Crippen LogP contribution in [0.4, 0.5) is 0 Å². The number of furan rings is 1. The number of amides is 1. The number of benzene rings is 1. The minimum absolute atomic E-state index is 0.0387. The number of sulfonamides is 1. The van der Waals surface area contributed by atoms with Crippen LogP contribution in [0.3, 0.4) is 0 Å². The van der Waals surface area contributed by atoms with Gasteiger partial charge in [0, 0.05) is 31.1 Å². The first-order chi connectivity index (χ1) is 13.4. The third kappa shape index (κ3) is 3.37. The van der Waals surface area contributed by atoms with E-state index in [1.807, 2.05) is 18.2 Å². The standard InChI is InChI=1S/C21H26N2O4S/c1-16-19(28(25,26)23-12-5-6-13-23)14-18(27-16)20(24)22-15-21(10-7-11-21)17-8-3-2-4-9-17/h2-4,8-9,14H,5-7,10-13,15H2,1H3,(H,22,24). The van der Waals surface area contributed by atoms with Crippen LogP contribution in [0.2, 0.25) is 0 Å². The highest BCUT2D eigenvalue weighted by Gasteiger charge is 2.39. The third-order valence-corrected chi connectivity index (χ3v) is 8.07. The van der Waals surface area contributed by atoms with E-state index >= 15 is 0 Å². The number of rotatable bonds is 6. The van der Waals surface area contributed by atoms with Gasteiger partial charge in [0.2, 0.25) is 10.0 Å². The van der Waals surface area contributed by atoms with Crippen molar-refractivity contribution in [2.24, 2.45) is 0 Å². The first kappa shape index (κ1) is 19.2. The number of aryl methyl sites for hydroxylation is 1. The quantitative estimate of drug-likeness (QED) is 0.805. The van der Waals surface area contributed by atoms with Crippen LogP contribution in [-0.4, -0.2) is 38.3 Å². The maximum Gasteiger partial charge on any atom is 0.287 e. The van der Waals surface area contributed by atoms with Gasteiger partial charge in [0.15, 0.2) is 5.76 Å². The molecule has 2 heterocycles. The van der Waals surface area contributed by atoms with E-state index in [1.54, 1.807) is 6.92 Å². The summed E-state index contributed by atoms with van der Waals surface area (Å²) in [4.78, 5) is 12.8. The van der Waals surface area contributed by atoms with E-state index in [-0.39, 0.29) is 27.7 Å². The molecule has 2 aliphatic rings. The van der Waals surface area contributed by atoms with Gasteiger partial charge in [-0.1, -0.05) is 36.8 Å². The fraction of sp³-hybridized carbons (Fsp3) is 0.476. The molecule has 150 valence electrons. The Morgan fingerprint density at radius 3 is 2.43 bits per heavy atom. The Hall–Kier alpha value is -2.12. The Bertz CT molecular complexity index is 956. The van der Waals surface area contributed by atoms with Crippen molar-refractivity contribution in [1.82, 2.24) is 9.62 Å². The lowest BCUT2D eigenvalue weighted by Crippen LogP contribution is -2.45. The average Bonchev–Trinajstić information content (AvgIpc) is 3.32. The molecule has 0 bridgehead atoms. The molecule has 1 aliphatic heterocycles. The normalized spacial score (nSPS) is 19.3. The van der Waals surface area contributed by atoms with Crippen molar-refractivity contribution in [3.63, 3.8) is 0 Å².